The largest absolute Gasteiger partial charge is 0.206 e. The summed E-state index contributed by atoms with van der Waals surface area (Å²) in [7, 11) is 0. The minimum atomic E-state index is -1.32. The maximum absolute atomic E-state index is 5.92. The van der Waals surface area contributed by atoms with Crippen molar-refractivity contribution in [3.63, 3.8) is 0 Å². The molecule has 0 nitrogen and oxygen atoms in total. The monoisotopic (exact) mass is 292 g/mol. The minimum Gasteiger partial charge on any atom is -0.118 e. The quantitative estimate of drug-likeness (QED) is 0.374. The summed E-state index contributed by atoms with van der Waals surface area (Å²) < 4.78 is -1.32. The Balaban J connectivity index is 3.24. The molecular weight excluding hydrogens is 274 g/mol. The second kappa shape index (κ2) is 9.22. The summed E-state index contributed by atoms with van der Waals surface area (Å²) in [6, 6.07) is 0. The lowest BCUT2D eigenvalue weighted by Gasteiger charge is -2.17. The number of hydrogen-bond donors (Lipinski definition) is 0. The average Bonchev–Trinajstić information content (AvgIpc) is 2.14. The first-order valence-electron chi connectivity index (χ1n) is 5.69. The summed E-state index contributed by atoms with van der Waals surface area (Å²) in [5.74, 6) is 0. The normalized spacial score (nSPS) is 14.2. The van der Waals surface area contributed by atoms with Gasteiger partial charge in [0.25, 0.3) is 0 Å². The van der Waals surface area contributed by atoms with Crippen LogP contribution in [0.15, 0.2) is 0 Å². The van der Waals surface area contributed by atoms with E-state index in [4.69, 9.17) is 46.4 Å². The topological polar surface area (TPSA) is 0 Å². The van der Waals surface area contributed by atoms with Crippen LogP contribution in [0.5, 0.6) is 0 Å². The first-order valence-corrected chi connectivity index (χ1v) is 7.26. The molecule has 92 valence electrons. The summed E-state index contributed by atoms with van der Waals surface area (Å²) in [6.45, 7) is 2.22. The van der Waals surface area contributed by atoms with Gasteiger partial charge in [-0.25, -0.2) is 0 Å². The number of rotatable bonds is 8. The second-order valence-corrected chi connectivity index (χ2v) is 6.81. The van der Waals surface area contributed by atoms with E-state index in [1.54, 1.807) is 0 Å². The van der Waals surface area contributed by atoms with E-state index in [0.717, 1.165) is 12.8 Å². The van der Waals surface area contributed by atoms with E-state index in [1.165, 1.54) is 38.5 Å². The molecule has 0 aliphatic rings. The average molecular weight is 294 g/mol. The SMILES string of the molecule is CCCCCCCCCC(Cl)C(Cl)(Cl)Cl. The highest BCUT2D eigenvalue weighted by atomic mass is 35.6. The van der Waals surface area contributed by atoms with Gasteiger partial charge >= 0.3 is 0 Å². The first kappa shape index (κ1) is 16.2. The molecule has 0 rings (SSSR count). The molecule has 0 aliphatic carbocycles. The molecule has 4 heteroatoms. The molecule has 0 aromatic carbocycles. The summed E-state index contributed by atoms with van der Waals surface area (Å²) in [5.41, 5.74) is 0. The van der Waals surface area contributed by atoms with Crippen molar-refractivity contribution in [3.05, 3.63) is 0 Å². The second-order valence-electron chi connectivity index (χ2n) is 3.92. The van der Waals surface area contributed by atoms with Gasteiger partial charge < -0.3 is 0 Å². The molecule has 0 heterocycles. The van der Waals surface area contributed by atoms with Crippen molar-refractivity contribution in [2.45, 2.75) is 67.5 Å². The lowest BCUT2D eigenvalue weighted by Crippen LogP contribution is -2.18. The van der Waals surface area contributed by atoms with Crippen LogP contribution in [0.25, 0.3) is 0 Å². The molecular formula is C11H20Cl4. The van der Waals surface area contributed by atoms with Crippen molar-refractivity contribution >= 4 is 46.4 Å². The van der Waals surface area contributed by atoms with E-state index in [0.29, 0.717) is 0 Å². The van der Waals surface area contributed by atoms with Crippen LogP contribution < -0.4 is 0 Å². The molecule has 0 spiro atoms. The summed E-state index contributed by atoms with van der Waals surface area (Å²) in [5, 5.41) is -0.363. The zero-order chi connectivity index (χ0) is 11.7. The van der Waals surface area contributed by atoms with Gasteiger partial charge in [-0.3, -0.25) is 0 Å². The van der Waals surface area contributed by atoms with Gasteiger partial charge in [-0.1, -0.05) is 86.7 Å². The fraction of sp³-hybridized carbons (Fsp3) is 1.00. The molecule has 0 aromatic rings. The Labute approximate surface area is 114 Å². The number of halogens is 4. The van der Waals surface area contributed by atoms with Crippen molar-refractivity contribution in [1.82, 2.24) is 0 Å². The molecule has 1 atom stereocenters. The van der Waals surface area contributed by atoms with Crippen LogP contribution in [-0.2, 0) is 0 Å². The Morgan fingerprint density at radius 1 is 0.867 bits per heavy atom. The van der Waals surface area contributed by atoms with E-state index in [1.807, 2.05) is 0 Å². The predicted molar refractivity (Wildman–Crippen MR) is 72.5 cm³/mol. The van der Waals surface area contributed by atoms with Crippen molar-refractivity contribution in [2.75, 3.05) is 0 Å². The molecule has 0 saturated carbocycles. The highest BCUT2D eigenvalue weighted by Crippen LogP contribution is 2.36. The standard InChI is InChI=1S/C11H20Cl4/c1-2-3-4-5-6-7-8-9-10(12)11(13,14)15/h10H,2-9H2,1H3. The number of unbranched alkanes of at least 4 members (excludes halogenated alkanes) is 6. The van der Waals surface area contributed by atoms with Crippen LogP contribution >= 0.6 is 46.4 Å². The molecule has 0 N–H and O–H groups in total. The lowest BCUT2D eigenvalue weighted by molar-refractivity contribution is 0.569. The zero-order valence-electron chi connectivity index (χ0n) is 9.25. The van der Waals surface area contributed by atoms with E-state index in [-0.39, 0.29) is 5.38 Å². The number of alkyl halides is 4. The summed E-state index contributed by atoms with van der Waals surface area (Å²) in [4.78, 5) is 0. The van der Waals surface area contributed by atoms with Crippen LogP contribution in [0, 0.1) is 0 Å². The molecule has 0 aliphatic heterocycles. The Bertz CT molecular complexity index is 142. The Morgan fingerprint density at radius 2 is 1.33 bits per heavy atom. The molecule has 0 aromatic heterocycles. The molecule has 1 unspecified atom stereocenters. The highest BCUT2D eigenvalue weighted by molar-refractivity contribution is 6.70. The van der Waals surface area contributed by atoms with E-state index < -0.39 is 3.79 Å². The Morgan fingerprint density at radius 3 is 1.80 bits per heavy atom. The van der Waals surface area contributed by atoms with Crippen LogP contribution in [0.4, 0.5) is 0 Å². The highest BCUT2D eigenvalue weighted by Gasteiger charge is 2.29. The molecule has 0 fully saturated rings. The predicted octanol–water partition coefficient (Wildman–Crippen LogP) is 6.10. The van der Waals surface area contributed by atoms with Gasteiger partial charge in [0, 0.05) is 0 Å². The Hall–Kier alpha value is 1.16. The maximum Gasteiger partial charge on any atom is 0.206 e. The van der Waals surface area contributed by atoms with E-state index in [9.17, 15) is 0 Å². The van der Waals surface area contributed by atoms with Gasteiger partial charge in [0.1, 0.15) is 0 Å². The van der Waals surface area contributed by atoms with Crippen molar-refractivity contribution in [1.29, 1.82) is 0 Å². The van der Waals surface area contributed by atoms with Crippen molar-refractivity contribution in [3.8, 4) is 0 Å². The van der Waals surface area contributed by atoms with Gasteiger partial charge in [-0.15, -0.1) is 11.6 Å². The van der Waals surface area contributed by atoms with Crippen LogP contribution in [0.1, 0.15) is 58.3 Å². The lowest BCUT2D eigenvalue weighted by atomic mass is 10.1. The van der Waals surface area contributed by atoms with Gasteiger partial charge in [0.05, 0.1) is 5.38 Å². The fourth-order valence-electron chi connectivity index (χ4n) is 1.44. The van der Waals surface area contributed by atoms with Gasteiger partial charge in [-0.2, -0.15) is 0 Å². The van der Waals surface area contributed by atoms with Crippen LogP contribution in [0.3, 0.4) is 0 Å². The molecule has 0 amide bonds. The van der Waals surface area contributed by atoms with Gasteiger partial charge in [-0.05, 0) is 6.42 Å². The van der Waals surface area contributed by atoms with Crippen molar-refractivity contribution in [2.24, 2.45) is 0 Å². The summed E-state index contributed by atoms with van der Waals surface area (Å²) >= 11 is 22.9. The third-order valence-corrected chi connectivity index (χ3v) is 4.09. The smallest absolute Gasteiger partial charge is 0.118 e. The molecule has 0 bridgehead atoms. The third kappa shape index (κ3) is 10.1. The van der Waals surface area contributed by atoms with Crippen LogP contribution in [0.2, 0.25) is 0 Å². The zero-order valence-corrected chi connectivity index (χ0v) is 12.3. The van der Waals surface area contributed by atoms with Crippen molar-refractivity contribution < 1.29 is 0 Å². The molecule has 0 saturated heterocycles. The van der Waals surface area contributed by atoms with Gasteiger partial charge in [0.15, 0.2) is 0 Å². The maximum atomic E-state index is 5.92. The fourth-order valence-corrected chi connectivity index (χ4v) is 1.93. The van der Waals surface area contributed by atoms with E-state index >= 15 is 0 Å². The summed E-state index contributed by atoms with van der Waals surface area (Å²) in [6.07, 6.45) is 9.57. The van der Waals surface area contributed by atoms with E-state index in [2.05, 4.69) is 6.92 Å². The first-order chi connectivity index (χ1) is 6.98. The number of hydrogen-bond acceptors (Lipinski definition) is 0. The molecule has 15 heavy (non-hydrogen) atoms. The third-order valence-electron chi connectivity index (χ3n) is 2.42. The Kier molecular flexibility index (Phi) is 9.93. The van der Waals surface area contributed by atoms with Crippen LogP contribution in [-0.4, -0.2) is 9.17 Å². The minimum absolute atomic E-state index is 0.363. The molecule has 0 radical (unpaired) electrons. The van der Waals surface area contributed by atoms with Gasteiger partial charge in [0.2, 0.25) is 3.79 Å².